The zero-order valence-corrected chi connectivity index (χ0v) is 13.9. The molecule has 7 nitrogen and oxygen atoms in total. The first-order valence-electron chi connectivity index (χ1n) is 7.67. The van der Waals surface area contributed by atoms with E-state index in [1.165, 1.54) is 0 Å². The van der Waals surface area contributed by atoms with Gasteiger partial charge in [0.05, 0.1) is 18.5 Å². The van der Waals surface area contributed by atoms with Crippen LogP contribution < -0.4 is 16.0 Å². The van der Waals surface area contributed by atoms with Gasteiger partial charge in [-0.2, -0.15) is 0 Å². The number of nitrogens with one attached hydrogen (secondary N) is 3. The average molecular weight is 354 g/mol. The molecule has 1 aromatic rings. The smallest absolute Gasteiger partial charge is 0.315 e. The highest BCUT2D eigenvalue weighted by atomic mass is 35.5. The Balaban J connectivity index is 1.70. The summed E-state index contributed by atoms with van der Waals surface area (Å²) in [5.41, 5.74) is 0.221. The highest BCUT2D eigenvalue weighted by Gasteiger charge is 2.40. The summed E-state index contributed by atoms with van der Waals surface area (Å²) in [6.07, 6.45) is 2.09. The molecule has 8 heteroatoms. The molecule has 24 heavy (non-hydrogen) atoms. The Morgan fingerprint density at radius 1 is 1.12 bits per heavy atom. The maximum atomic E-state index is 11.9. The molecule has 0 aromatic heterocycles. The third kappa shape index (κ3) is 5.42. The fourth-order valence-corrected chi connectivity index (χ4v) is 2.71. The number of hydrogen-bond donors (Lipinski definition) is 4. The highest BCUT2D eigenvalue weighted by molar-refractivity contribution is 6.30. The SMILES string of the molecule is O=C(O)CC1(NC(=O)CNC(=O)NCc2ccc(Cl)cc2)CCC1. The Kier molecular flexibility index (Phi) is 6.03. The molecule has 0 aliphatic heterocycles. The van der Waals surface area contributed by atoms with E-state index in [9.17, 15) is 14.4 Å². The van der Waals surface area contributed by atoms with Crippen LogP contribution in [0.5, 0.6) is 0 Å². The molecule has 2 rings (SSSR count). The summed E-state index contributed by atoms with van der Waals surface area (Å²) in [7, 11) is 0. The van der Waals surface area contributed by atoms with Gasteiger partial charge in [0, 0.05) is 11.6 Å². The number of carbonyl (C=O) groups excluding carboxylic acids is 2. The first-order chi connectivity index (χ1) is 11.4. The first-order valence-corrected chi connectivity index (χ1v) is 8.05. The van der Waals surface area contributed by atoms with E-state index in [-0.39, 0.29) is 13.0 Å². The van der Waals surface area contributed by atoms with Crippen molar-refractivity contribution in [3.63, 3.8) is 0 Å². The van der Waals surface area contributed by atoms with Gasteiger partial charge >= 0.3 is 12.0 Å². The monoisotopic (exact) mass is 353 g/mol. The van der Waals surface area contributed by atoms with Gasteiger partial charge in [-0.1, -0.05) is 23.7 Å². The standard InChI is InChI=1S/C16H20ClN3O4/c17-12-4-2-11(3-5-12)9-18-15(24)19-10-13(21)20-16(6-1-7-16)8-14(22)23/h2-5H,1,6-10H2,(H,20,21)(H,22,23)(H2,18,19,24). The minimum atomic E-state index is -0.941. The van der Waals surface area contributed by atoms with Gasteiger partial charge in [-0.15, -0.1) is 0 Å². The molecule has 1 fully saturated rings. The van der Waals surface area contributed by atoms with Crippen molar-refractivity contribution in [3.05, 3.63) is 34.9 Å². The Morgan fingerprint density at radius 2 is 1.79 bits per heavy atom. The van der Waals surface area contributed by atoms with Crippen LogP contribution in [-0.4, -0.2) is 35.1 Å². The van der Waals surface area contributed by atoms with Crippen LogP contribution in [0, 0.1) is 0 Å². The third-order valence-corrected chi connectivity index (χ3v) is 4.23. The number of rotatable bonds is 7. The molecule has 0 spiro atoms. The Hall–Kier alpha value is -2.28. The van der Waals surface area contributed by atoms with E-state index < -0.39 is 23.4 Å². The second kappa shape index (κ2) is 8.01. The Labute approximate surface area is 144 Å². The number of amides is 3. The van der Waals surface area contributed by atoms with Gasteiger partial charge in [0.15, 0.2) is 0 Å². The minimum absolute atomic E-state index is 0.0957. The quantitative estimate of drug-likeness (QED) is 0.597. The van der Waals surface area contributed by atoms with Crippen molar-refractivity contribution in [1.29, 1.82) is 0 Å². The number of carbonyl (C=O) groups is 3. The van der Waals surface area contributed by atoms with E-state index in [0.29, 0.717) is 24.4 Å². The minimum Gasteiger partial charge on any atom is -0.481 e. The zero-order chi connectivity index (χ0) is 17.6. The Bertz CT molecular complexity index is 614. The predicted octanol–water partition coefficient (Wildman–Crippen LogP) is 1.65. The van der Waals surface area contributed by atoms with Gasteiger partial charge in [-0.25, -0.2) is 4.79 Å². The van der Waals surface area contributed by atoms with Crippen molar-refractivity contribution in [3.8, 4) is 0 Å². The van der Waals surface area contributed by atoms with Gasteiger partial charge in [0.1, 0.15) is 0 Å². The number of aliphatic carboxylic acids is 1. The van der Waals surface area contributed by atoms with Crippen molar-refractivity contribution in [2.24, 2.45) is 0 Å². The molecule has 1 aromatic carbocycles. The first kappa shape index (κ1) is 18.1. The van der Waals surface area contributed by atoms with Gasteiger partial charge in [0.25, 0.3) is 0 Å². The maximum Gasteiger partial charge on any atom is 0.315 e. The molecule has 1 saturated carbocycles. The largest absolute Gasteiger partial charge is 0.481 e. The van der Waals surface area contributed by atoms with E-state index in [4.69, 9.17) is 16.7 Å². The molecule has 0 heterocycles. The van der Waals surface area contributed by atoms with Crippen molar-refractivity contribution in [2.75, 3.05) is 6.54 Å². The molecule has 0 radical (unpaired) electrons. The number of urea groups is 1. The average Bonchev–Trinajstić information content (AvgIpc) is 2.49. The summed E-state index contributed by atoms with van der Waals surface area (Å²) >= 11 is 5.78. The van der Waals surface area contributed by atoms with Crippen LogP contribution in [0.25, 0.3) is 0 Å². The van der Waals surface area contributed by atoms with E-state index >= 15 is 0 Å². The van der Waals surface area contributed by atoms with Crippen LogP contribution in [0.2, 0.25) is 5.02 Å². The molecule has 0 atom stereocenters. The summed E-state index contributed by atoms with van der Waals surface area (Å²) in [6.45, 7) is 0.112. The molecular weight excluding hydrogens is 334 g/mol. The van der Waals surface area contributed by atoms with E-state index in [1.54, 1.807) is 24.3 Å². The lowest BCUT2D eigenvalue weighted by atomic mass is 9.74. The highest BCUT2D eigenvalue weighted by Crippen LogP contribution is 2.34. The van der Waals surface area contributed by atoms with E-state index in [2.05, 4.69) is 16.0 Å². The van der Waals surface area contributed by atoms with Crippen LogP contribution in [0.1, 0.15) is 31.2 Å². The van der Waals surface area contributed by atoms with Gasteiger partial charge in [0.2, 0.25) is 5.91 Å². The third-order valence-electron chi connectivity index (χ3n) is 3.98. The molecular formula is C16H20ClN3O4. The van der Waals surface area contributed by atoms with Crippen LogP contribution >= 0.6 is 11.6 Å². The topological polar surface area (TPSA) is 108 Å². The molecule has 130 valence electrons. The number of carboxylic acids is 1. The number of benzene rings is 1. The van der Waals surface area contributed by atoms with Crippen molar-refractivity contribution >= 4 is 29.5 Å². The lowest BCUT2D eigenvalue weighted by Crippen LogP contribution is -2.57. The number of carboxylic acid groups (broad SMARTS) is 1. The maximum absolute atomic E-state index is 11.9. The lowest BCUT2D eigenvalue weighted by molar-refractivity contribution is -0.140. The number of halogens is 1. The fraction of sp³-hybridized carbons (Fsp3) is 0.438. The molecule has 1 aliphatic carbocycles. The molecule has 0 bridgehead atoms. The predicted molar refractivity (Wildman–Crippen MR) is 88.7 cm³/mol. The van der Waals surface area contributed by atoms with Crippen LogP contribution in [0.4, 0.5) is 4.79 Å². The van der Waals surface area contributed by atoms with E-state index in [0.717, 1.165) is 12.0 Å². The van der Waals surface area contributed by atoms with Crippen LogP contribution in [-0.2, 0) is 16.1 Å². The molecule has 0 saturated heterocycles. The Morgan fingerprint density at radius 3 is 2.33 bits per heavy atom. The molecule has 1 aliphatic rings. The molecule has 4 N–H and O–H groups in total. The lowest BCUT2D eigenvalue weighted by Gasteiger charge is -2.41. The second-order valence-corrected chi connectivity index (χ2v) is 6.35. The van der Waals surface area contributed by atoms with Crippen molar-refractivity contribution in [1.82, 2.24) is 16.0 Å². The molecule has 0 unspecified atom stereocenters. The zero-order valence-electron chi connectivity index (χ0n) is 13.1. The van der Waals surface area contributed by atoms with Crippen molar-refractivity contribution < 1.29 is 19.5 Å². The van der Waals surface area contributed by atoms with Gasteiger partial charge in [-0.3, -0.25) is 9.59 Å². The van der Waals surface area contributed by atoms with Crippen LogP contribution in [0.15, 0.2) is 24.3 Å². The summed E-state index contributed by atoms with van der Waals surface area (Å²) in [4.78, 5) is 34.4. The van der Waals surface area contributed by atoms with Crippen LogP contribution in [0.3, 0.4) is 0 Å². The van der Waals surface area contributed by atoms with E-state index in [1.807, 2.05) is 0 Å². The van der Waals surface area contributed by atoms with Gasteiger partial charge < -0.3 is 21.1 Å². The van der Waals surface area contributed by atoms with Gasteiger partial charge in [-0.05, 0) is 37.0 Å². The van der Waals surface area contributed by atoms with Crippen molar-refractivity contribution in [2.45, 2.75) is 37.8 Å². The summed E-state index contributed by atoms with van der Waals surface area (Å²) in [6, 6.07) is 6.57. The second-order valence-electron chi connectivity index (χ2n) is 5.92. The summed E-state index contributed by atoms with van der Waals surface area (Å²) in [5.74, 6) is -1.33. The molecule has 3 amide bonds. The number of hydrogen-bond acceptors (Lipinski definition) is 3. The normalized spacial score (nSPS) is 15.0. The fourth-order valence-electron chi connectivity index (χ4n) is 2.59. The summed E-state index contributed by atoms with van der Waals surface area (Å²) < 4.78 is 0. The summed E-state index contributed by atoms with van der Waals surface area (Å²) in [5, 5.41) is 17.3.